The van der Waals surface area contributed by atoms with Crippen LogP contribution in [-0.4, -0.2) is 9.78 Å². The summed E-state index contributed by atoms with van der Waals surface area (Å²) in [5.41, 5.74) is 11.2. The van der Waals surface area contributed by atoms with Gasteiger partial charge in [0.15, 0.2) is 0 Å². The van der Waals surface area contributed by atoms with Gasteiger partial charge in [-0.1, -0.05) is 54.9 Å². The van der Waals surface area contributed by atoms with Gasteiger partial charge in [0.2, 0.25) is 0 Å². The summed E-state index contributed by atoms with van der Waals surface area (Å²) in [6.07, 6.45) is 2.83. The van der Waals surface area contributed by atoms with Crippen LogP contribution < -0.4 is 5.73 Å². The van der Waals surface area contributed by atoms with Crippen molar-refractivity contribution >= 4 is 15.9 Å². The topological polar surface area (TPSA) is 43.8 Å². The summed E-state index contributed by atoms with van der Waals surface area (Å²) >= 11 is 3.62. The number of nitrogens with two attached hydrogens (primary N) is 1. The van der Waals surface area contributed by atoms with E-state index in [1.165, 1.54) is 16.8 Å². The van der Waals surface area contributed by atoms with Crippen molar-refractivity contribution in [2.45, 2.75) is 52.6 Å². The number of aromatic nitrogens is 2. The molecule has 1 unspecified atom stereocenters. The highest BCUT2D eigenvalue weighted by molar-refractivity contribution is 9.10. The molecule has 21 heavy (non-hydrogen) atoms. The fourth-order valence-electron chi connectivity index (χ4n) is 2.75. The van der Waals surface area contributed by atoms with Gasteiger partial charge in [-0.2, -0.15) is 5.10 Å². The Balaban J connectivity index is 2.44. The van der Waals surface area contributed by atoms with Crippen LogP contribution in [0.15, 0.2) is 28.7 Å². The first kappa shape index (κ1) is 16.2. The van der Waals surface area contributed by atoms with Gasteiger partial charge in [-0.15, -0.1) is 0 Å². The molecular formula is C17H24BrN3. The molecule has 2 N–H and O–H groups in total. The van der Waals surface area contributed by atoms with Crippen LogP contribution in [-0.2, 0) is 19.4 Å². The van der Waals surface area contributed by atoms with Crippen molar-refractivity contribution in [1.82, 2.24) is 9.78 Å². The van der Waals surface area contributed by atoms with Crippen LogP contribution in [0, 0.1) is 0 Å². The van der Waals surface area contributed by atoms with Crippen molar-refractivity contribution in [3.05, 3.63) is 51.3 Å². The molecule has 1 atom stereocenters. The molecular weight excluding hydrogens is 326 g/mol. The molecule has 2 rings (SSSR count). The average Bonchev–Trinajstić information content (AvgIpc) is 2.86. The lowest BCUT2D eigenvalue weighted by molar-refractivity contribution is 0.631. The van der Waals surface area contributed by atoms with E-state index in [0.717, 1.165) is 36.0 Å². The Morgan fingerprint density at radius 1 is 1.19 bits per heavy atom. The zero-order chi connectivity index (χ0) is 15.4. The number of halogens is 1. The highest BCUT2D eigenvalue weighted by atomic mass is 79.9. The van der Waals surface area contributed by atoms with Gasteiger partial charge in [0, 0.05) is 21.8 Å². The molecule has 0 bridgehead atoms. The van der Waals surface area contributed by atoms with E-state index < -0.39 is 0 Å². The monoisotopic (exact) mass is 349 g/mol. The molecule has 0 aliphatic carbocycles. The maximum Gasteiger partial charge on any atom is 0.0673 e. The van der Waals surface area contributed by atoms with Gasteiger partial charge in [-0.3, -0.25) is 4.68 Å². The fourth-order valence-corrected chi connectivity index (χ4v) is 3.16. The molecule has 0 saturated heterocycles. The van der Waals surface area contributed by atoms with E-state index in [2.05, 4.69) is 59.6 Å². The van der Waals surface area contributed by atoms with Gasteiger partial charge in [-0.05, 0) is 30.9 Å². The second-order valence-electron chi connectivity index (χ2n) is 5.28. The maximum atomic E-state index is 6.32. The predicted octanol–water partition coefficient (Wildman–Crippen LogP) is 4.23. The fraction of sp³-hybridized carbons (Fsp3) is 0.471. The van der Waals surface area contributed by atoms with Crippen LogP contribution in [0.2, 0.25) is 0 Å². The van der Waals surface area contributed by atoms with E-state index in [1.54, 1.807) is 0 Å². The maximum absolute atomic E-state index is 6.32. The first-order valence-corrected chi connectivity index (χ1v) is 8.49. The Morgan fingerprint density at radius 2 is 1.90 bits per heavy atom. The Bertz CT molecular complexity index is 604. The van der Waals surface area contributed by atoms with Gasteiger partial charge in [0.05, 0.1) is 12.2 Å². The summed E-state index contributed by atoms with van der Waals surface area (Å²) in [6, 6.07) is 8.39. The third kappa shape index (κ3) is 3.38. The molecule has 0 fully saturated rings. The minimum absolute atomic E-state index is 0.0860. The molecule has 0 saturated carbocycles. The highest BCUT2D eigenvalue weighted by Gasteiger charge is 2.20. The third-order valence-corrected chi connectivity index (χ3v) is 4.71. The quantitative estimate of drug-likeness (QED) is 0.847. The van der Waals surface area contributed by atoms with Crippen LogP contribution >= 0.6 is 15.9 Å². The number of aryl methyl sites for hydroxylation is 1. The summed E-state index contributed by atoms with van der Waals surface area (Å²) in [5, 5.41) is 4.82. The summed E-state index contributed by atoms with van der Waals surface area (Å²) in [5.74, 6) is 0. The van der Waals surface area contributed by atoms with E-state index in [0.29, 0.717) is 0 Å². The molecule has 0 spiro atoms. The second-order valence-corrected chi connectivity index (χ2v) is 6.13. The average molecular weight is 350 g/mol. The van der Waals surface area contributed by atoms with Crippen LogP contribution in [0.5, 0.6) is 0 Å². The minimum Gasteiger partial charge on any atom is -0.324 e. The zero-order valence-corrected chi connectivity index (χ0v) is 14.7. The van der Waals surface area contributed by atoms with Crippen molar-refractivity contribution in [2.24, 2.45) is 5.73 Å². The van der Waals surface area contributed by atoms with Crippen LogP contribution in [0.1, 0.15) is 55.7 Å². The molecule has 0 radical (unpaired) electrons. The second kappa shape index (κ2) is 7.23. The number of rotatable bonds is 6. The van der Waals surface area contributed by atoms with Gasteiger partial charge in [0.25, 0.3) is 0 Å². The summed E-state index contributed by atoms with van der Waals surface area (Å²) < 4.78 is 3.26. The number of hydrogen-bond acceptors (Lipinski definition) is 2. The van der Waals surface area contributed by atoms with Crippen LogP contribution in [0.4, 0.5) is 0 Å². The van der Waals surface area contributed by atoms with Gasteiger partial charge >= 0.3 is 0 Å². The van der Waals surface area contributed by atoms with Gasteiger partial charge in [0.1, 0.15) is 0 Å². The molecule has 1 heterocycles. The number of nitrogens with zero attached hydrogens (tertiary/aromatic N) is 2. The molecule has 1 aromatic heterocycles. The lowest BCUT2D eigenvalue weighted by Crippen LogP contribution is -2.13. The standard InChI is InChI=1S/C17H24BrN3/c1-4-14(19)17-15(5-2)20-21(16(17)6-3)11-12-9-7-8-10-13(12)18/h7-10,14H,4-6,11,19H2,1-3H3. The van der Waals surface area contributed by atoms with Crippen molar-refractivity contribution < 1.29 is 0 Å². The van der Waals surface area contributed by atoms with Crippen molar-refractivity contribution in [2.75, 3.05) is 0 Å². The van der Waals surface area contributed by atoms with Gasteiger partial charge in [-0.25, -0.2) is 0 Å². The largest absolute Gasteiger partial charge is 0.324 e. The molecule has 1 aromatic carbocycles. The molecule has 2 aromatic rings. The Labute approximate surface area is 135 Å². The van der Waals surface area contributed by atoms with Gasteiger partial charge < -0.3 is 5.73 Å². The first-order valence-electron chi connectivity index (χ1n) is 7.69. The summed E-state index contributed by atoms with van der Waals surface area (Å²) in [7, 11) is 0. The minimum atomic E-state index is 0.0860. The van der Waals surface area contributed by atoms with Crippen LogP contribution in [0.3, 0.4) is 0 Å². The SMILES string of the molecule is CCc1nn(Cc2ccccc2Br)c(CC)c1C(N)CC. The molecule has 0 aliphatic rings. The lowest BCUT2D eigenvalue weighted by Gasteiger charge is -2.13. The van der Waals surface area contributed by atoms with E-state index in [9.17, 15) is 0 Å². The predicted molar refractivity (Wildman–Crippen MR) is 91.4 cm³/mol. The van der Waals surface area contributed by atoms with E-state index >= 15 is 0 Å². The molecule has 0 amide bonds. The first-order chi connectivity index (χ1) is 10.1. The summed E-state index contributed by atoms with van der Waals surface area (Å²) in [4.78, 5) is 0. The van der Waals surface area contributed by atoms with E-state index in [-0.39, 0.29) is 6.04 Å². The smallest absolute Gasteiger partial charge is 0.0673 e. The van der Waals surface area contributed by atoms with Crippen molar-refractivity contribution in [3.8, 4) is 0 Å². The molecule has 3 nitrogen and oxygen atoms in total. The molecule has 114 valence electrons. The highest BCUT2D eigenvalue weighted by Crippen LogP contribution is 2.26. The lowest BCUT2D eigenvalue weighted by atomic mass is 10.00. The van der Waals surface area contributed by atoms with E-state index in [1.807, 2.05) is 6.07 Å². The van der Waals surface area contributed by atoms with Crippen molar-refractivity contribution in [3.63, 3.8) is 0 Å². The Morgan fingerprint density at radius 3 is 2.48 bits per heavy atom. The zero-order valence-electron chi connectivity index (χ0n) is 13.1. The van der Waals surface area contributed by atoms with E-state index in [4.69, 9.17) is 10.8 Å². The molecule has 0 aliphatic heterocycles. The normalized spacial score (nSPS) is 12.6. The number of hydrogen-bond donors (Lipinski definition) is 1. The Hall–Kier alpha value is -1.13. The summed E-state index contributed by atoms with van der Waals surface area (Å²) in [6.45, 7) is 7.25. The van der Waals surface area contributed by atoms with Crippen LogP contribution in [0.25, 0.3) is 0 Å². The Kier molecular flexibility index (Phi) is 5.59. The molecule has 4 heteroatoms. The third-order valence-electron chi connectivity index (χ3n) is 3.93. The number of benzene rings is 1. The van der Waals surface area contributed by atoms with Crippen molar-refractivity contribution in [1.29, 1.82) is 0 Å².